The Morgan fingerprint density at radius 3 is 0.784 bits per heavy atom. The van der Waals surface area contributed by atoms with Crippen molar-refractivity contribution in [3.8, 4) is 0 Å². The second kappa shape index (κ2) is 32.7. The predicted octanol–water partition coefficient (Wildman–Crippen LogP) is 4.41. The second-order valence-corrected chi connectivity index (χ2v) is 12.6. The lowest BCUT2D eigenvalue weighted by atomic mass is 10.1. The fraction of sp³-hybridized carbons (Fsp3) is 1.00. The summed E-state index contributed by atoms with van der Waals surface area (Å²) in [4.78, 5) is 0. The van der Waals surface area contributed by atoms with Gasteiger partial charge in [-0.25, -0.2) is 0 Å². The van der Waals surface area contributed by atoms with Crippen molar-refractivity contribution in [3.63, 3.8) is 0 Å². The molecule has 0 saturated heterocycles. The van der Waals surface area contributed by atoms with Crippen LogP contribution in [0.25, 0.3) is 0 Å². The molecular weight excluding hydrogens is 495 g/mol. The maximum Gasteiger partial charge on any atom is 0.0786 e. The van der Waals surface area contributed by atoms with Gasteiger partial charge < -0.3 is 33.8 Å². The van der Waals surface area contributed by atoms with Gasteiger partial charge in [0.05, 0.1) is 53.9 Å². The number of hydrogen-bond acceptors (Lipinski definition) is 0. The molecule has 0 aliphatic carbocycles. The molecule has 0 atom stereocenters. The zero-order valence-corrected chi connectivity index (χ0v) is 28.8. The molecule has 0 aromatic heterocycles. The zero-order chi connectivity index (χ0) is 26.7. The molecule has 4 heteroatoms. The maximum atomic E-state index is 2.33. The minimum Gasteiger partial charge on any atom is -1.00 e. The first-order valence-corrected chi connectivity index (χ1v) is 16.5. The van der Waals surface area contributed by atoms with Gasteiger partial charge in [-0.3, -0.25) is 0 Å². The minimum absolute atomic E-state index is 0. The number of hydrogen-bond donors (Lipinski definition) is 0. The first-order chi connectivity index (χ1) is 16.8. The van der Waals surface area contributed by atoms with Crippen LogP contribution in [0.5, 0.6) is 0 Å². The molecule has 0 N–H and O–H groups in total. The minimum atomic E-state index is 0. The van der Waals surface area contributed by atoms with Gasteiger partial charge in [-0.15, -0.1) is 0 Å². The number of halogens is 2. The molecule has 37 heavy (non-hydrogen) atoms. The van der Waals surface area contributed by atoms with Crippen molar-refractivity contribution in [2.75, 3.05) is 53.9 Å². The van der Waals surface area contributed by atoms with Crippen molar-refractivity contribution in [1.29, 1.82) is 0 Å². The van der Waals surface area contributed by atoms with Gasteiger partial charge in [-0.05, 0) is 38.5 Å². The highest BCUT2D eigenvalue weighted by Crippen LogP contribution is 2.16. The summed E-state index contributed by atoms with van der Waals surface area (Å²) in [5.74, 6) is 0. The first-order valence-electron chi connectivity index (χ1n) is 16.5. The van der Waals surface area contributed by atoms with Crippen molar-refractivity contribution in [3.05, 3.63) is 0 Å². The largest absolute Gasteiger partial charge is 1.00 e. The van der Waals surface area contributed by atoms with E-state index in [4.69, 9.17) is 0 Å². The molecule has 0 rings (SSSR count). The molecule has 0 aliphatic heterocycles. The highest BCUT2D eigenvalue weighted by molar-refractivity contribution is 4.50. The lowest BCUT2D eigenvalue weighted by Crippen LogP contribution is -3.00. The summed E-state index contributed by atoms with van der Waals surface area (Å²) in [5, 5.41) is 0. The molecule has 230 valence electrons. The van der Waals surface area contributed by atoms with E-state index in [1.165, 1.54) is 166 Å². The van der Waals surface area contributed by atoms with E-state index in [0.717, 1.165) is 4.48 Å². The third-order valence-corrected chi connectivity index (χ3v) is 7.63. The Balaban J connectivity index is -0.000000280. The van der Waals surface area contributed by atoms with Crippen LogP contribution in [-0.2, 0) is 0 Å². The molecule has 0 bridgehead atoms. The van der Waals surface area contributed by atoms with Gasteiger partial charge in [0, 0.05) is 0 Å². The summed E-state index contributed by atoms with van der Waals surface area (Å²) in [5.41, 5.74) is 0. The van der Waals surface area contributed by atoms with Crippen LogP contribution < -0.4 is 24.8 Å². The van der Waals surface area contributed by atoms with E-state index in [2.05, 4.69) is 55.8 Å². The molecule has 0 radical (unpaired) electrons. The monoisotopic (exact) mass is 569 g/mol. The molecule has 0 aromatic rings. The summed E-state index contributed by atoms with van der Waals surface area (Å²) < 4.78 is 2.54. The quantitative estimate of drug-likeness (QED) is 0.113. The Labute approximate surface area is 250 Å². The van der Waals surface area contributed by atoms with Crippen LogP contribution >= 0.6 is 0 Å². The molecule has 0 fully saturated rings. The highest BCUT2D eigenvalue weighted by Gasteiger charge is 2.24. The highest BCUT2D eigenvalue weighted by atomic mass is 35.5. The van der Waals surface area contributed by atoms with Crippen LogP contribution in [-0.4, -0.2) is 62.8 Å². The van der Waals surface area contributed by atoms with Crippen molar-refractivity contribution in [1.82, 2.24) is 0 Å². The first kappa shape index (κ1) is 44.5. The zero-order valence-electron chi connectivity index (χ0n) is 27.3. The van der Waals surface area contributed by atoms with Crippen LogP contribution in [0.1, 0.15) is 163 Å². The second-order valence-electron chi connectivity index (χ2n) is 12.6. The van der Waals surface area contributed by atoms with E-state index >= 15 is 0 Å². The number of quaternary nitrogens is 2. The lowest BCUT2D eigenvalue weighted by Gasteiger charge is -2.39. The van der Waals surface area contributed by atoms with Gasteiger partial charge >= 0.3 is 0 Å². The summed E-state index contributed by atoms with van der Waals surface area (Å²) >= 11 is 0. The Morgan fingerprint density at radius 1 is 0.297 bits per heavy atom. The molecule has 0 unspecified atom stereocenters. The topological polar surface area (TPSA) is 0 Å². The number of unbranched alkanes of at least 4 members (excludes halogenated alkanes) is 15. The fourth-order valence-electron chi connectivity index (χ4n) is 5.07. The molecule has 0 heterocycles. The Morgan fingerprint density at radius 2 is 0.541 bits per heavy atom. The summed E-state index contributed by atoms with van der Waals surface area (Å²) in [7, 11) is 6.87. The van der Waals surface area contributed by atoms with E-state index in [-0.39, 0.29) is 24.8 Å². The van der Waals surface area contributed by atoms with Crippen LogP contribution in [0.3, 0.4) is 0 Å². The van der Waals surface area contributed by atoms with Crippen molar-refractivity contribution >= 4 is 0 Å². The van der Waals surface area contributed by atoms with E-state index in [1.54, 1.807) is 0 Å². The SMILES string of the molecule is CCCCCCCCCCCCCC[N+](C)(C)C.CCCC[N+](CCCC)(CCCC)CCCC.[Cl-].[Cl-]. The average molecular weight is 570 g/mol. The third-order valence-electron chi connectivity index (χ3n) is 7.63. The van der Waals surface area contributed by atoms with Gasteiger partial charge in [0.1, 0.15) is 0 Å². The maximum absolute atomic E-state index is 2.33. The molecule has 0 amide bonds. The molecular formula is C33H74Cl2N2. The van der Waals surface area contributed by atoms with E-state index in [1.807, 2.05) is 0 Å². The summed E-state index contributed by atoms with van der Waals surface area (Å²) in [6.07, 6.45) is 28.4. The fourth-order valence-corrected chi connectivity index (χ4v) is 5.07. The standard InChI is InChI=1S/C17H38N.C16H36N.2ClH/c1-5-6-7-8-9-10-11-12-13-14-15-16-17-18(2,3)4;1-5-9-13-17(14-10-6-2,15-11-7-3)16-12-8-4;;/h5-17H2,1-4H3;5-16H2,1-4H3;2*1H/q2*+1;;/p-2. The third kappa shape index (κ3) is 34.5. The van der Waals surface area contributed by atoms with Crippen molar-refractivity contribution < 1.29 is 33.8 Å². The van der Waals surface area contributed by atoms with Crippen LogP contribution in [0.15, 0.2) is 0 Å². The molecule has 0 aliphatic rings. The molecule has 0 aromatic carbocycles. The Kier molecular flexibility index (Phi) is 39.4. The van der Waals surface area contributed by atoms with Gasteiger partial charge in [0.15, 0.2) is 0 Å². The molecule has 2 nitrogen and oxygen atoms in total. The van der Waals surface area contributed by atoms with Crippen LogP contribution in [0.4, 0.5) is 0 Å². The van der Waals surface area contributed by atoms with Gasteiger partial charge in [0.2, 0.25) is 0 Å². The van der Waals surface area contributed by atoms with Gasteiger partial charge in [-0.1, -0.05) is 125 Å². The van der Waals surface area contributed by atoms with Gasteiger partial charge in [0.25, 0.3) is 0 Å². The van der Waals surface area contributed by atoms with Crippen molar-refractivity contribution in [2.24, 2.45) is 0 Å². The summed E-state index contributed by atoms with van der Waals surface area (Å²) in [6.45, 7) is 18.6. The van der Waals surface area contributed by atoms with E-state index in [9.17, 15) is 0 Å². The van der Waals surface area contributed by atoms with E-state index < -0.39 is 0 Å². The summed E-state index contributed by atoms with van der Waals surface area (Å²) in [6, 6.07) is 0. The normalized spacial score (nSPS) is 11.4. The Hall–Kier alpha value is 0.500. The Bertz CT molecular complexity index is 359. The van der Waals surface area contributed by atoms with Crippen LogP contribution in [0.2, 0.25) is 0 Å². The smallest absolute Gasteiger partial charge is 0.0786 e. The lowest BCUT2D eigenvalue weighted by molar-refractivity contribution is -0.929. The molecule has 0 saturated carbocycles. The average Bonchev–Trinajstić information content (AvgIpc) is 2.83. The van der Waals surface area contributed by atoms with Crippen LogP contribution in [0, 0.1) is 0 Å². The van der Waals surface area contributed by atoms with E-state index in [0.29, 0.717) is 0 Å². The van der Waals surface area contributed by atoms with Gasteiger partial charge in [-0.2, -0.15) is 0 Å². The van der Waals surface area contributed by atoms with Crippen molar-refractivity contribution in [2.45, 2.75) is 163 Å². The molecule has 0 spiro atoms. The predicted molar refractivity (Wildman–Crippen MR) is 163 cm³/mol. The number of nitrogens with zero attached hydrogens (tertiary/aromatic N) is 2. The number of rotatable bonds is 25.